The molecule has 1 aliphatic heterocycles. The molecular formula is C17H19N3O3S. The van der Waals surface area contributed by atoms with Gasteiger partial charge in [-0.25, -0.2) is 4.79 Å². The lowest BCUT2D eigenvalue weighted by Gasteiger charge is -2.24. The Kier molecular flexibility index (Phi) is 5.00. The molecule has 6 nitrogen and oxygen atoms in total. The van der Waals surface area contributed by atoms with Gasteiger partial charge in [-0.05, 0) is 48.6 Å². The lowest BCUT2D eigenvalue weighted by atomic mass is 10.2. The third kappa shape index (κ3) is 3.86. The summed E-state index contributed by atoms with van der Waals surface area (Å²) >= 11 is 1.68. The molecule has 3 N–H and O–H groups in total. The van der Waals surface area contributed by atoms with E-state index in [1.807, 2.05) is 16.3 Å². The number of benzene rings is 1. The number of carbonyl (C=O) groups is 2. The SMILES string of the molecule is NC(=O)COc1ccc(NC(=O)N2CCC[C@@H]2c2cccs2)cc1. The molecule has 3 rings (SSSR count). The monoisotopic (exact) mass is 345 g/mol. The first-order valence-corrected chi connectivity index (χ1v) is 8.63. The number of hydrogen-bond acceptors (Lipinski definition) is 4. The fraction of sp³-hybridized carbons (Fsp3) is 0.294. The van der Waals surface area contributed by atoms with Crippen LogP contribution in [0.25, 0.3) is 0 Å². The summed E-state index contributed by atoms with van der Waals surface area (Å²) in [6, 6.07) is 11.0. The minimum atomic E-state index is -0.527. The molecule has 2 heterocycles. The number of nitrogens with zero attached hydrogens (tertiary/aromatic N) is 1. The maximum absolute atomic E-state index is 12.5. The van der Waals surface area contributed by atoms with E-state index in [9.17, 15) is 9.59 Å². The Bertz CT molecular complexity index is 700. The molecule has 2 aromatic rings. The summed E-state index contributed by atoms with van der Waals surface area (Å²) in [6.07, 6.45) is 2.00. The summed E-state index contributed by atoms with van der Waals surface area (Å²) < 4.78 is 5.20. The Balaban J connectivity index is 1.61. The highest BCUT2D eigenvalue weighted by Gasteiger charge is 2.30. The zero-order chi connectivity index (χ0) is 16.9. The number of nitrogens with one attached hydrogen (secondary N) is 1. The van der Waals surface area contributed by atoms with Crippen LogP contribution in [0.2, 0.25) is 0 Å². The van der Waals surface area contributed by atoms with Crippen LogP contribution in [-0.2, 0) is 4.79 Å². The first-order chi connectivity index (χ1) is 11.6. The standard InChI is InChI=1S/C17H19N3O3S/c18-16(21)11-23-13-7-5-12(6-8-13)19-17(22)20-9-1-3-14(20)15-4-2-10-24-15/h2,4-8,10,14H,1,3,9,11H2,(H2,18,21)(H,19,22)/t14-/m1/s1. The molecule has 0 saturated carbocycles. The fourth-order valence-electron chi connectivity index (χ4n) is 2.77. The molecule has 126 valence electrons. The molecule has 1 saturated heterocycles. The van der Waals surface area contributed by atoms with Gasteiger partial charge in [-0.15, -0.1) is 11.3 Å². The molecule has 1 atom stereocenters. The van der Waals surface area contributed by atoms with E-state index in [1.54, 1.807) is 35.6 Å². The van der Waals surface area contributed by atoms with Gasteiger partial charge in [0.2, 0.25) is 0 Å². The highest BCUT2D eigenvalue weighted by Crippen LogP contribution is 2.34. The third-order valence-corrected chi connectivity index (χ3v) is 4.85. The van der Waals surface area contributed by atoms with Gasteiger partial charge in [0.15, 0.2) is 6.61 Å². The highest BCUT2D eigenvalue weighted by molar-refractivity contribution is 7.10. The van der Waals surface area contributed by atoms with Gasteiger partial charge < -0.3 is 20.7 Å². The van der Waals surface area contributed by atoms with Crippen molar-refractivity contribution in [3.63, 3.8) is 0 Å². The van der Waals surface area contributed by atoms with Gasteiger partial charge >= 0.3 is 6.03 Å². The minimum absolute atomic E-state index is 0.100. The van der Waals surface area contributed by atoms with E-state index in [0.717, 1.165) is 19.4 Å². The van der Waals surface area contributed by atoms with Crippen LogP contribution in [0.4, 0.5) is 10.5 Å². The Morgan fingerprint density at radius 2 is 2.08 bits per heavy atom. The van der Waals surface area contributed by atoms with E-state index in [0.29, 0.717) is 11.4 Å². The number of nitrogens with two attached hydrogens (primary N) is 1. The van der Waals surface area contributed by atoms with E-state index in [2.05, 4.69) is 11.4 Å². The Morgan fingerprint density at radius 1 is 1.29 bits per heavy atom. The fourth-order valence-corrected chi connectivity index (χ4v) is 3.64. The smallest absolute Gasteiger partial charge is 0.322 e. The van der Waals surface area contributed by atoms with Gasteiger partial charge in [0, 0.05) is 17.1 Å². The van der Waals surface area contributed by atoms with Crippen molar-refractivity contribution in [2.75, 3.05) is 18.5 Å². The predicted octanol–water partition coefficient (Wildman–Crippen LogP) is 2.98. The number of ether oxygens (including phenoxy) is 1. The van der Waals surface area contributed by atoms with Crippen molar-refractivity contribution in [1.82, 2.24) is 4.90 Å². The molecule has 1 aromatic heterocycles. The van der Waals surface area contributed by atoms with Crippen molar-refractivity contribution in [2.24, 2.45) is 5.73 Å². The van der Waals surface area contributed by atoms with Crippen LogP contribution in [0.5, 0.6) is 5.75 Å². The first kappa shape index (κ1) is 16.3. The van der Waals surface area contributed by atoms with Crippen molar-refractivity contribution in [2.45, 2.75) is 18.9 Å². The van der Waals surface area contributed by atoms with Crippen molar-refractivity contribution in [3.8, 4) is 5.75 Å². The van der Waals surface area contributed by atoms with Crippen molar-refractivity contribution in [1.29, 1.82) is 0 Å². The predicted molar refractivity (Wildman–Crippen MR) is 93.2 cm³/mol. The van der Waals surface area contributed by atoms with E-state index < -0.39 is 5.91 Å². The van der Waals surface area contributed by atoms with Gasteiger partial charge in [-0.3, -0.25) is 4.79 Å². The molecular weight excluding hydrogens is 326 g/mol. The van der Waals surface area contributed by atoms with Crippen LogP contribution in [0, 0.1) is 0 Å². The highest BCUT2D eigenvalue weighted by atomic mass is 32.1. The van der Waals surface area contributed by atoms with E-state index in [4.69, 9.17) is 10.5 Å². The molecule has 1 aliphatic rings. The van der Waals surface area contributed by atoms with E-state index in [1.165, 1.54) is 4.88 Å². The summed E-state index contributed by atoms with van der Waals surface area (Å²) in [5.74, 6) is 0.00506. The quantitative estimate of drug-likeness (QED) is 0.873. The molecule has 0 spiro atoms. The number of primary amides is 1. The van der Waals surface area contributed by atoms with E-state index >= 15 is 0 Å². The van der Waals surface area contributed by atoms with Crippen molar-refractivity contribution in [3.05, 3.63) is 46.7 Å². The topological polar surface area (TPSA) is 84.7 Å². The summed E-state index contributed by atoms with van der Waals surface area (Å²) in [5, 5.41) is 4.95. The second-order valence-corrected chi connectivity index (χ2v) is 6.56. The van der Waals surface area contributed by atoms with Crippen LogP contribution < -0.4 is 15.8 Å². The zero-order valence-corrected chi connectivity index (χ0v) is 13.9. The normalized spacial score (nSPS) is 16.8. The van der Waals surface area contributed by atoms with Gasteiger partial charge in [-0.1, -0.05) is 6.07 Å². The lowest BCUT2D eigenvalue weighted by molar-refractivity contribution is -0.119. The Hall–Kier alpha value is -2.54. The van der Waals surface area contributed by atoms with Crippen LogP contribution in [0.1, 0.15) is 23.8 Å². The Morgan fingerprint density at radius 3 is 2.75 bits per heavy atom. The first-order valence-electron chi connectivity index (χ1n) is 7.75. The number of urea groups is 1. The molecule has 7 heteroatoms. The minimum Gasteiger partial charge on any atom is -0.484 e. The van der Waals surface area contributed by atoms with Crippen LogP contribution in [-0.4, -0.2) is 30.0 Å². The molecule has 3 amide bonds. The Labute approximate surface area is 144 Å². The second-order valence-electron chi connectivity index (χ2n) is 5.58. The van der Waals surface area contributed by atoms with Gasteiger partial charge in [0.25, 0.3) is 5.91 Å². The maximum atomic E-state index is 12.5. The van der Waals surface area contributed by atoms with E-state index in [-0.39, 0.29) is 18.7 Å². The molecule has 0 aliphatic carbocycles. The third-order valence-electron chi connectivity index (χ3n) is 3.87. The summed E-state index contributed by atoms with van der Waals surface area (Å²) in [7, 11) is 0. The van der Waals surface area contributed by atoms with Crippen molar-refractivity contribution >= 4 is 29.0 Å². The number of thiophene rings is 1. The number of amides is 3. The molecule has 0 unspecified atom stereocenters. The number of likely N-dealkylation sites (tertiary alicyclic amines) is 1. The number of anilines is 1. The van der Waals surface area contributed by atoms with Gasteiger partial charge in [0.1, 0.15) is 5.75 Å². The van der Waals surface area contributed by atoms with Gasteiger partial charge in [0.05, 0.1) is 6.04 Å². The van der Waals surface area contributed by atoms with Crippen molar-refractivity contribution < 1.29 is 14.3 Å². The summed E-state index contributed by atoms with van der Waals surface area (Å²) in [5.41, 5.74) is 5.72. The zero-order valence-electron chi connectivity index (χ0n) is 13.1. The summed E-state index contributed by atoms with van der Waals surface area (Å²) in [6.45, 7) is 0.593. The average Bonchev–Trinajstić information content (AvgIpc) is 3.24. The second kappa shape index (κ2) is 7.35. The van der Waals surface area contributed by atoms with Crippen LogP contribution in [0.15, 0.2) is 41.8 Å². The summed E-state index contributed by atoms with van der Waals surface area (Å²) in [4.78, 5) is 26.3. The molecule has 1 fully saturated rings. The molecule has 0 radical (unpaired) electrons. The largest absolute Gasteiger partial charge is 0.484 e. The number of carbonyl (C=O) groups excluding carboxylic acids is 2. The molecule has 0 bridgehead atoms. The average molecular weight is 345 g/mol. The molecule has 24 heavy (non-hydrogen) atoms. The maximum Gasteiger partial charge on any atom is 0.322 e. The van der Waals surface area contributed by atoms with Crippen LogP contribution in [0.3, 0.4) is 0 Å². The lowest BCUT2D eigenvalue weighted by Crippen LogP contribution is -2.34. The molecule has 1 aromatic carbocycles. The number of hydrogen-bond donors (Lipinski definition) is 2. The van der Waals surface area contributed by atoms with Gasteiger partial charge in [-0.2, -0.15) is 0 Å². The van der Waals surface area contributed by atoms with Crippen LogP contribution >= 0.6 is 11.3 Å². The number of rotatable bonds is 5.